The molecule has 1 unspecified atom stereocenters. The molecular formula is C10H18N4O. The van der Waals surface area contributed by atoms with Crippen LogP contribution in [0.5, 0.6) is 0 Å². The van der Waals surface area contributed by atoms with Gasteiger partial charge in [-0.1, -0.05) is 0 Å². The summed E-state index contributed by atoms with van der Waals surface area (Å²) in [6.45, 7) is 3.31. The molecule has 1 heterocycles. The van der Waals surface area contributed by atoms with Crippen molar-refractivity contribution in [3.05, 3.63) is 18.7 Å². The minimum absolute atomic E-state index is 0.0855. The molecule has 5 heteroatoms. The molecule has 0 radical (unpaired) electrons. The van der Waals surface area contributed by atoms with Gasteiger partial charge in [0, 0.05) is 25.5 Å². The third-order valence-electron chi connectivity index (χ3n) is 2.12. The molecule has 1 atom stereocenters. The second kappa shape index (κ2) is 6.19. The molecule has 15 heavy (non-hydrogen) atoms. The number of nitrogens with zero attached hydrogens (tertiary/aromatic N) is 2. The number of carbonyl (C=O) groups excluding carboxylic acids is 1. The molecule has 0 fully saturated rings. The van der Waals surface area contributed by atoms with Crippen molar-refractivity contribution in [3.63, 3.8) is 0 Å². The molecule has 1 aromatic rings. The van der Waals surface area contributed by atoms with Gasteiger partial charge < -0.3 is 15.6 Å². The Morgan fingerprint density at radius 3 is 3.00 bits per heavy atom. The molecule has 0 saturated carbocycles. The second-order valence-electron chi connectivity index (χ2n) is 3.59. The van der Waals surface area contributed by atoms with Crippen molar-refractivity contribution in [2.24, 2.45) is 5.73 Å². The van der Waals surface area contributed by atoms with Crippen molar-refractivity contribution in [2.75, 3.05) is 6.54 Å². The fourth-order valence-corrected chi connectivity index (χ4v) is 1.21. The van der Waals surface area contributed by atoms with E-state index in [1.807, 2.05) is 10.8 Å². The Bertz CT molecular complexity index is 282. The largest absolute Gasteiger partial charge is 0.355 e. The normalized spacial score (nSPS) is 12.4. The van der Waals surface area contributed by atoms with Crippen LogP contribution >= 0.6 is 0 Å². The fourth-order valence-electron chi connectivity index (χ4n) is 1.21. The van der Waals surface area contributed by atoms with E-state index in [2.05, 4.69) is 10.3 Å². The van der Waals surface area contributed by atoms with Crippen LogP contribution in [0.1, 0.15) is 19.8 Å². The Balaban J connectivity index is 2.00. The Hall–Kier alpha value is -1.36. The van der Waals surface area contributed by atoms with Crippen LogP contribution < -0.4 is 11.1 Å². The minimum atomic E-state index is -0.418. The number of carbonyl (C=O) groups is 1. The highest BCUT2D eigenvalue weighted by Gasteiger charge is 2.04. The average molecular weight is 210 g/mol. The molecule has 3 N–H and O–H groups in total. The number of aryl methyl sites for hydroxylation is 1. The van der Waals surface area contributed by atoms with Crippen LogP contribution in [-0.4, -0.2) is 28.0 Å². The van der Waals surface area contributed by atoms with Gasteiger partial charge in [0.25, 0.3) is 0 Å². The van der Waals surface area contributed by atoms with E-state index < -0.39 is 6.04 Å². The van der Waals surface area contributed by atoms with Gasteiger partial charge in [-0.05, 0) is 19.8 Å². The number of hydrogen-bond acceptors (Lipinski definition) is 3. The molecule has 5 nitrogen and oxygen atoms in total. The Labute approximate surface area is 89.7 Å². The van der Waals surface area contributed by atoms with E-state index in [1.165, 1.54) is 0 Å². The van der Waals surface area contributed by atoms with Gasteiger partial charge in [-0.15, -0.1) is 0 Å². The van der Waals surface area contributed by atoms with Crippen LogP contribution in [0.3, 0.4) is 0 Å². The maximum Gasteiger partial charge on any atom is 0.236 e. The quantitative estimate of drug-likeness (QED) is 0.655. The first-order valence-electron chi connectivity index (χ1n) is 5.19. The van der Waals surface area contributed by atoms with Crippen LogP contribution in [0.4, 0.5) is 0 Å². The lowest BCUT2D eigenvalue weighted by Gasteiger charge is -2.07. The zero-order valence-electron chi connectivity index (χ0n) is 9.02. The molecule has 0 spiro atoms. The van der Waals surface area contributed by atoms with Crippen LogP contribution in [0.2, 0.25) is 0 Å². The van der Waals surface area contributed by atoms with Gasteiger partial charge in [0.05, 0.1) is 12.4 Å². The summed E-state index contributed by atoms with van der Waals surface area (Å²) in [5.74, 6) is -0.0855. The molecule has 0 saturated heterocycles. The number of imidazole rings is 1. The third kappa shape index (κ3) is 4.60. The van der Waals surface area contributed by atoms with Crippen LogP contribution in [0, 0.1) is 0 Å². The zero-order valence-corrected chi connectivity index (χ0v) is 9.02. The van der Waals surface area contributed by atoms with Gasteiger partial charge in [-0.3, -0.25) is 4.79 Å². The molecular weight excluding hydrogens is 192 g/mol. The van der Waals surface area contributed by atoms with Crippen LogP contribution in [-0.2, 0) is 11.3 Å². The number of nitrogens with one attached hydrogen (secondary N) is 1. The molecule has 0 aromatic carbocycles. The zero-order chi connectivity index (χ0) is 11.1. The lowest BCUT2D eigenvalue weighted by molar-refractivity contribution is -0.121. The van der Waals surface area contributed by atoms with Crippen molar-refractivity contribution in [1.29, 1.82) is 0 Å². The number of unbranched alkanes of at least 4 members (excludes halogenated alkanes) is 1. The van der Waals surface area contributed by atoms with Crippen LogP contribution in [0.15, 0.2) is 18.7 Å². The van der Waals surface area contributed by atoms with E-state index in [1.54, 1.807) is 19.4 Å². The molecule has 0 bridgehead atoms. The van der Waals surface area contributed by atoms with Crippen molar-refractivity contribution >= 4 is 5.91 Å². The van der Waals surface area contributed by atoms with E-state index in [4.69, 9.17) is 5.73 Å². The van der Waals surface area contributed by atoms with Crippen molar-refractivity contribution in [2.45, 2.75) is 32.4 Å². The second-order valence-corrected chi connectivity index (χ2v) is 3.59. The summed E-state index contributed by atoms with van der Waals surface area (Å²) >= 11 is 0. The smallest absolute Gasteiger partial charge is 0.236 e. The summed E-state index contributed by atoms with van der Waals surface area (Å²) in [6.07, 6.45) is 7.46. The first kappa shape index (κ1) is 11.7. The number of rotatable bonds is 6. The predicted molar refractivity (Wildman–Crippen MR) is 58.1 cm³/mol. The molecule has 0 aliphatic rings. The molecule has 1 amide bonds. The number of amides is 1. The summed E-state index contributed by atoms with van der Waals surface area (Å²) < 4.78 is 2.02. The lowest BCUT2D eigenvalue weighted by Crippen LogP contribution is -2.38. The van der Waals surface area contributed by atoms with Gasteiger partial charge in [0.2, 0.25) is 5.91 Å². The highest BCUT2D eigenvalue weighted by atomic mass is 16.2. The van der Waals surface area contributed by atoms with E-state index in [9.17, 15) is 4.79 Å². The maximum atomic E-state index is 11.1. The summed E-state index contributed by atoms with van der Waals surface area (Å²) in [5, 5.41) is 2.77. The summed E-state index contributed by atoms with van der Waals surface area (Å²) in [4.78, 5) is 15.0. The number of aromatic nitrogens is 2. The molecule has 1 rings (SSSR count). The minimum Gasteiger partial charge on any atom is -0.355 e. The van der Waals surface area contributed by atoms with Gasteiger partial charge in [0.1, 0.15) is 0 Å². The maximum absolute atomic E-state index is 11.1. The van der Waals surface area contributed by atoms with Gasteiger partial charge in [0.15, 0.2) is 0 Å². The first-order valence-corrected chi connectivity index (χ1v) is 5.19. The monoisotopic (exact) mass is 210 g/mol. The van der Waals surface area contributed by atoms with E-state index in [0.29, 0.717) is 6.54 Å². The van der Waals surface area contributed by atoms with Gasteiger partial charge in [-0.25, -0.2) is 4.98 Å². The Morgan fingerprint density at radius 1 is 1.60 bits per heavy atom. The lowest BCUT2D eigenvalue weighted by atomic mass is 10.3. The molecule has 0 aliphatic carbocycles. The molecule has 1 aromatic heterocycles. The summed E-state index contributed by atoms with van der Waals surface area (Å²) in [7, 11) is 0. The highest BCUT2D eigenvalue weighted by molar-refractivity contribution is 5.80. The number of hydrogen-bond donors (Lipinski definition) is 2. The summed E-state index contributed by atoms with van der Waals surface area (Å²) in [6, 6.07) is -0.418. The Morgan fingerprint density at radius 2 is 2.40 bits per heavy atom. The topological polar surface area (TPSA) is 72.9 Å². The molecule has 84 valence electrons. The van der Waals surface area contributed by atoms with Crippen molar-refractivity contribution in [1.82, 2.24) is 14.9 Å². The summed E-state index contributed by atoms with van der Waals surface area (Å²) in [5.41, 5.74) is 5.40. The SMILES string of the molecule is CC(N)C(=O)NCCCCn1ccnc1. The molecule has 0 aliphatic heterocycles. The van der Waals surface area contributed by atoms with Crippen LogP contribution in [0.25, 0.3) is 0 Å². The highest BCUT2D eigenvalue weighted by Crippen LogP contribution is 1.93. The fraction of sp³-hybridized carbons (Fsp3) is 0.600. The third-order valence-corrected chi connectivity index (χ3v) is 2.12. The standard InChI is InChI=1S/C10H18N4O/c1-9(11)10(15)13-4-2-3-6-14-7-5-12-8-14/h5,7-9H,2-4,6,11H2,1H3,(H,13,15). The van der Waals surface area contributed by atoms with Crippen molar-refractivity contribution < 1.29 is 4.79 Å². The average Bonchev–Trinajstić information content (AvgIpc) is 2.69. The first-order chi connectivity index (χ1) is 7.20. The predicted octanol–water partition coefficient (Wildman–Crippen LogP) is 0.127. The van der Waals surface area contributed by atoms with E-state index in [-0.39, 0.29) is 5.91 Å². The number of nitrogens with two attached hydrogens (primary N) is 1. The van der Waals surface area contributed by atoms with Crippen molar-refractivity contribution in [3.8, 4) is 0 Å². The van der Waals surface area contributed by atoms with E-state index >= 15 is 0 Å². The van der Waals surface area contributed by atoms with E-state index in [0.717, 1.165) is 19.4 Å². The van der Waals surface area contributed by atoms with Gasteiger partial charge >= 0.3 is 0 Å². The van der Waals surface area contributed by atoms with Gasteiger partial charge in [-0.2, -0.15) is 0 Å². The Kier molecular flexibility index (Phi) is 4.83.